The van der Waals surface area contributed by atoms with E-state index in [-0.39, 0.29) is 0 Å². The largest absolute Gasteiger partial charge is 0.326 e. The molecule has 2 heterocycles. The second-order valence-corrected chi connectivity index (χ2v) is 6.47. The maximum Gasteiger partial charge on any atom is 0.0206 e. The van der Waals surface area contributed by atoms with E-state index in [1.165, 1.54) is 23.7 Å². The Hall–Kier alpha value is -0.510. The standard InChI is InChI=1S/C14H20N2S/c1-10-6-16(8-13(10)15)7-11-9-17-14-5-3-2-4-12(11)14/h2-5,10-11,13H,6-9,15H2,1H3. The van der Waals surface area contributed by atoms with Gasteiger partial charge in [-0.25, -0.2) is 0 Å². The molecule has 92 valence electrons. The Morgan fingerprint density at radius 3 is 2.94 bits per heavy atom. The number of nitrogens with zero attached hydrogens (tertiary/aromatic N) is 1. The first-order valence-corrected chi connectivity index (χ1v) is 7.42. The van der Waals surface area contributed by atoms with Gasteiger partial charge in [0.15, 0.2) is 0 Å². The molecule has 3 heteroatoms. The van der Waals surface area contributed by atoms with Crippen LogP contribution in [0.25, 0.3) is 0 Å². The zero-order valence-electron chi connectivity index (χ0n) is 10.3. The number of likely N-dealkylation sites (tertiary alicyclic amines) is 1. The van der Waals surface area contributed by atoms with Gasteiger partial charge in [-0.1, -0.05) is 25.1 Å². The van der Waals surface area contributed by atoms with Crippen molar-refractivity contribution >= 4 is 11.8 Å². The number of rotatable bonds is 2. The lowest BCUT2D eigenvalue weighted by molar-refractivity contribution is 0.311. The molecule has 2 aliphatic rings. The number of hydrogen-bond acceptors (Lipinski definition) is 3. The zero-order chi connectivity index (χ0) is 11.8. The summed E-state index contributed by atoms with van der Waals surface area (Å²) in [7, 11) is 0. The Morgan fingerprint density at radius 2 is 2.18 bits per heavy atom. The van der Waals surface area contributed by atoms with Gasteiger partial charge in [0.05, 0.1) is 0 Å². The molecule has 3 atom stereocenters. The first-order valence-electron chi connectivity index (χ1n) is 6.43. The lowest BCUT2D eigenvalue weighted by Crippen LogP contribution is -2.30. The topological polar surface area (TPSA) is 29.3 Å². The second-order valence-electron chi connectivity index (χ2n) is 5.41. The van der Waals surface area contributed by atoms with Gasteiger partial charge in [-0.05, 0) is 17.5 Å². The molecular formula is C14H20N2S. The van der Waals surface area contributed by atoms with Crippen molar-refractivity contribution in [2.24, 2.45) is 11.7 Å². The van der Waals surface area contributed by atoms with Crippen molar-refractivity contribution in [2.75, 3.05) is 25.4 Å². The number of thioether (sulfide) groups is 1. The highest BCUT2D eigenvalue weighted by molar-refractivity contribution is 7.99. The molecule has 1 aromatic carbocycles. The lowest BCUT2D eigenvalue weighted by atomic mass is 10.0. The third-order valence-electron chi connectivity index (χ3n) is 4.02. The van der Waals surface area contributed by atoms with E-state index in [9.17, 15) is 0 Å². The Balaban J connectivity index is 1.68. The van der Waals surface area contributed by atoms with E-state index < -0.39 is 0 Å². The minimum atomic E-state index is 0.374. The molecule has 0 aliphatic carbocycles. The molecule has 0 saturated carbocycles. The normalized spacial score (nSPS) is 32.9. The van der Waals surface area contributed by atoms with Crippen LogP contribution in [-0.4, -0.2) is 36.3 Å². The SMILES string of the molecule is CC1CN(CC2CSc3ccccc32)CC1N. The van der Waals surface area contributed by atoms with Crippen LogP contribution in [0, 0.1) is 5.92 Å². The van der Waals surface area contributed by atoms with Crippen LogP contribution in [0.4, 0.5) is 0 Å². The van der Waals surface area contributed by atoms with Gasteiger partial charge in [-0.2, -0.15) is 0 Å². The Kier molecular flexibility index (Phi) is 3.16. The third-order valence-corrected chi connectivity index (χ3v) is 5.28. The first-order chi connectivity index (χ1) is 8.24. The molecule has 2 aliphatic heterocycles. The summed E-state index contributed by atoms with van der Waals surface area (Å²) >= 11 is 2.00. The van der Waals surface area contributed by atoms with Crippen LogP contribution in [0.5, 0.6) is 0 Å². The summed E-state index contributed by atoms with van der Waals surface area (Å²) in [5.41, 5.74) is 7.64. The molecule has 3 unspecified atom stereocenters. The van der Waals surface area contributed by atoms with Crippen molar-refractivity contribution in [2.45, 2.75) is 23.8 Å². The molecule has 0 aromatic heterocycles. The quantitative estimate of drug-likeness (QED) is 0.869. The van der Waals surface area contributed by atoms with Gasteiger partial charge in [-0.3, -0.25) is 0 Å². The minimum absolute atomic E-state index is 0.374. The van der Waals surface area contributed by atoms with Crippen molar-refractivity contribution in [3.63, 3.8) is 0 Å². The van der Waals surface area contributed by atoms with Gasteiger partial charge < -0.3 is 10.6 Å². The van der Waals surface area contributed by atoms with Gasteiger partial charge in [0, 0.05) is 42.2 Å². The van der Waals surface area contributed by atoms with Crippen molar-refractivity contribution in [3.05, 3.63) is 29.8 Å². The van der Waals surface area contributed by atoms with E-state index in [1.807, 2.05) is 11.8 Å². The molecule has 1 aromatic rings. The fourth-order valence-corrected chi connectivity index (χ4v) is 4.18. The molecule has 1 fully saturated rings. The van der Waals surface area contributed by atoms with Crippen molar-refractivity contribution in [3.8, 4) is 0 Å². The highest BCUT2D eigenvalue weighted by Gasteiger charge is 2.30. The molecule has 2 nitrogen and oxygen atoms in total. The fourth-order valence-electron chi connectivity index (χ4n) is 2.94. The summed E-state index contributed by atoms with van der Waals surface area (Å²) in [6.45, 7) is 5.69. The Bertz CT molecular complexity index is 397. The zero-order valence-corrected chi connectivity index (χ0v) is 11.1. The van der Waals surface area contributed by atoms with E-state index in [4.69, 9.17) is 5.73 Å². The van der Waals surface area contributed by atoms with Crippen LogP contribution < -0.4 is 5.73 Å². The number of fused-ring (bicyclic) bond motifs is 1. The summed E-state index contributed by atoms with van der Waals surface area (Å²) < 4.78 is 0. The molecule has 1 saturated heterocycles. The van der Waals surface area contributed by atoms with Crippen molar-refractivity contribution in [1.29, 1.82) is 0 Å². The van der Waals surface area contributed by atoms with Crippen LogP contribution >= 0.6 is 11.8 Å². The van der Waals surface area contributed by atoms with Crippen LogP contribution in [0.15, 0.2) is 29.2 Å². The molecule has 0 radical (unpaired) electrons. The molecule has 0 amide bonds. The molecule has 17 heavy (non-hydrogen) atoms. The van der Waals surface area contributed by atoms with E-state index in [0.717, 1.165) is 6.54 Å². The molecular weight excluding hydrogens is 228 g/mol. The average Bonchev–Trinajstić information content (AvgIpc) is 2.85. The van der Waals surface area contributed by atoms with Gasteiger partial charge in [-0.15, -0.1) is 11.8 Å². The molecule has 3 rings (SSSR count). The second kappa shape index (κ2) is 4.63. The van der Waals surface area contributed by atoms with Crippen LogP contribution in [0.3, 0.4) is 0 Å². The fraction of sp³-hybridized carbons (Fsp3) is 0.571. The predicted molar refractivity (Wildman–Crippen MR) is 73.5 cm³/mol. The number of hydrogen-bond donors (Lipinski definition) is 1. The van der Waals surface area contributed by atoms with Crippen molar-refractivity contribution in [1.82, 2.24) is 4.90 Å². The molecule has 0 bridgehead atoms. The Labute approximate surface area is 108 Å². The summed E-state index contributed by atoms with van der Waals surface area (Å²) in [6.07, 6.45) is 0. The van der Waals surface area contributed by atoms with Crippen LogP contribution in [0.2, 0.25) is 0 Å². The number of nitrogens with two attached hydrogens (primary N) is 1. The highest BCUT2D eigenvalue weighted by Crippen LogP contribution is 2.40. The summed E-state index contributed by atoms with van der Waals surface area (Å²) in [5, 5.41) is 0. The minimum Gasteiger partial charge on any atom is -0.326 e. The van der Waals surface area contributed by atoms with Gasteiger partial charge in [0.2, 0.25) is 0 Å². The average molecular weight is 248 g/mol. The van der Waals surface area contributed by atoms with Crippen LogP contribution in [-0.2, 0) is 0 Å². The van der Waals surface area contributed by atoms with E-state index >= 15 is 0 Å². The highest BCUT2D eigenvalue weighted by atomic mass is 32.2. The summed E-state index contributed by atoms with van der Waals surface area (Å²) in [4.78, 5) is 4.02. The first kappa shape index (κ1) is 11.6. The Morgan fingerprint density at radius 1 is 1.35 bits per heavy atom. The summed E-state index contributed by atoms with van der Waals surface area (Å²) in [5.74, 6) is 2.59. The van der Waals surface area contributed by atoms with Crippen LogP contribution in [0.1, 0.15) is 18.4 Å². The maximum absolute atomic E-state index is 6.09. The lowest BCUT2D eigenvalue weighted by Gasteiger charge is -2.20. The summed E-state index contributed by atoms with van der Waals surface area (Å²) in [6, 6.07) is 9.22. The van der Waals surface area contributed by atoms with Gasteiger partial charge >= 0.3 is 0 Å². The van der Waals surface area contributed by atoms with Gasteiger partial charge in [0.1, 0.15) is 0 Å². The molecule has 0 spiro atoms. The van der Waals surface area contributed by atoms with Gasteiger partial charge in [0.25, 0.3) is 0 Å². The van der Waals surface area contributed by atoms with E-state index in [1.54, 1.807) is 5.56 Å². The van der Waals surface area contributed by atoms with E-state index in [0.29, 0.717) is 17.9 Å². The van der Waals surface area contributed by atoms with Crippen molar-refractivity contribution < 1.29 is 0 Å². The molecule has 2 N–H and O–H groups in total. The third kappa shape index (κ3) is 2.24. The monoisotopic (exact) mass is 248 g/mol. The maximum atomic E-state index is 6.09. The predicted octanol–water partition coefficient (Wildman–Crippen LogP) is 2.15. The van der Waals surface area contributed by atoms with E-state index in [2.05, 4.69) is 36.1 Å². The number of benzene rings is 1. The smallest absolute Gasteiger partial charge is 0.0206 e.